The summed E-state index contributed by atoms with van der Waals surface area (Å²) in [6, 6.07) is 18.0. The SMILES string of the molecule is O=C1CN(C(=O)c2cc3ccccc3oc2=O)[C@H](c2ccc(F)cc2)c2cc(Cl)ccc2N1. The van der Waals surface area contributed by atoms with Gasteiger partial charge in [0, 0.05) is 21.7 Å². The van der Waals surface area contributed by atoms with E-state index < -0.39 is 29.3 Å². The number of carbonyl (C=O) groups is 2. The number of amides is 2. The van der Waals surface area contributed by atoms with E-state index in [0.717, 1.165) is 0 Å². The number of fused-ring (bicyclic) bond motifs is 2. The van der Waals surface area contributed by atoms with Crippen molar-refractivity contribution in [1.29, 1.82) is 0 Å². The molecule has 1 N–H and O–H groups in total. The molecule has 0 spiro atoms. The molecule has 0 fully saturated rings. The van der Waals surface area contributed by atoms with Crippen molar-refractivity contribution < 1.29 is 18.4 Å². The minimum absolute atomic E-state index is 0.209. The number of benzene rings is 3. The first-order chi connectivity index (χ1) is 15.9. The zero-order valence-corrected chi connectivity index (χ0v) is 17.8. The third kappa shape index (κ3) is 3.87. The number of rotatable bonds is 2. The Morgan fingerprint density at radius 1 is 1.03 bits per heavy atom. The van der Waals surface area contributed by atoms with Gasteiger partial charge in [-0.1, -0.05) is 41.9 Å². The van der Waals surface area contributed by atoms with Crippen molar-refractivity contribution in [3.63, 3.8) is 0 Å². The second-order valence-electron chi connectivity index (χ2n) is 7.65. The Bertz CT molecular complexity index is 1470. The number of nitrogens with one attached hydrogen (secondary N) is 1. The third-order valence-corrected chi connectivity index (χ3v) is 5.76. The highest BCUT2D eigenvalue weighted by Gasteiger charge is 2.35. The molecule has 5 rings (SSSR count). The lowest BCUT2D eigenvalue weighted by atomic mass is 9.95. The molecule has 2 amide bonds. The fourth-order valence-electron chi connectivity index (χ4n) is 4.04. The summed E-state index contributed by atoms with van der Waals surface area (Å²) >= 11 is 6.24. The van der Waals surface area contributed by atoms with Crippen LogP contribution in [0.4, 0.5) is 10.1 Å². The van der Waals surface area contributed by atoms with Crippen LogP contribution in [0.5, 0.6) is 0 Å². The van der Waals surface area contributed by atoms with Crippen LogP contribution in [0.3, 0.4) is 0 Å². The Kier molecular flexibility index (Phi) is 5.18. The van der Waals surface area contributed by atoms with Gasteiger partial charge in [0.05, 0.1) is 6.04 Å². The number of halogens is 2. The van der Waals surface area contributed by atoms with Crippen molar-refractivity contribution in [3.05, 3.63) is 111 Å². The number of hydrogen-bond donors (Lipinski definition) is 1. The van der Waals surface area contributed by atoms with Crippen LogP contribution in [0.15, 0.2) is 82.0 Å². The molecule has 0 saturated carbocycles. The van der Waals surface area contributed by atoms with E-state index in [1.54, 1.807) is 42.5 Å². The molecule has 1 aromatic heterocycles. The van der Waals surface area contributed by atoms with Crippen LogP contribution in [0, 0.1) is 5.82 Å². The van der Waals surface area contributed by atoms with Gasteiger partial charge < -0.3 is 14.6 Å². The van der Waals surface area contributed by atoms with Gasteiger partial charge in [-0.15, -0.1) is 0 Å². The van der Waals surface area contributed by atoms with Crippen molar-refractivity contribution in [2.24, 2.45) is 0 Å². The quantitative estimate of drug-likeness (QED) is 0.435. The molecule has 0 saturated heterocycles. The third-order valence-electron chi connectivity index (χ3n) is 5.53. The van der Waals surface area contributed by atoms with Crippen LogP contribution in [-0.2, 0) is 4.79 Å². The van der Waals surface area contributed by atoms with E-state index in [1.807, 2.05) is 0 Å². The average Bonchev–Trinajstić information content (AvgIpc) is 2.94. The zero-order valence-electron chi connectivity index (χ0n) is 17.0. The van der Waals surface area contributed by atoms with Crippen molar-refractivity contribution in [1.82, 2.24) is 4.90 Å². The van der Waals surface area contributed by atoms with Crippen molar-refractivity contribution in [2.45, 2.75) is 6.04 Å². The molecule has 8 heteroatoms. The highest BCUT2D eigenvalue weighted by Crippen LogP contribution is 2.38. The first kappa shape index (κ1) is 20.9. The summed E-state index contributed by atoms with van der Waals surface area (Å²) in [6.07, 6.45) is 0. The van der Waals surface area contributed by atoms with Crippen molar-refractivity contribution >= 4 is 40.1 Å². The molecule has 2 heterocycles. The molecule has 0 radical (unpaired) electrons. The first-order valence-corrected chi connectivity index (χ1v) is 10.5. The maximum absolute atomic E-state index is 13.7. The minimum atomic E-state index is -0.812. The first-order valence-electron chi connectivity index (χ1n) is 10.1. The maximum Gasteiger partial charge on any atom is 0.349 e. The predicted octanol–water partition coefficient (Wildman–Crippen LogP) is 4.77. The normalized spacial score (nSPS) is 15.6. The predicted molar refractivity (Wildman–Crippen MR) is 122 cm³/mol. The lowest BCUT2D eigenvalue weighted by Gasteiger charge is -2.30. The molecule has 164 valence electrons. The molecule has 1 aliphatic heterocycles. The average molecular weight is 463 g/mol. The van der Waals surface area contributed by atoms with E-state index in [1.165, 1.54) is 35.2 Å². The van der Waals surface area contributed by atoms with Gasteiger partial charge in [0.15, 0.2) is 0 Å². The number of nitrogens with zero attached hydrogens (tertiary/aromatic N) is 1. The van der Waals surface area contributed by atoms with Gasteiger partial charge in [0.1, 0.15) is 23.5 Å². The number of hydrogen-bond acceptors (Lipinski definition) is 4. The molecule has 0 bridgehead atoms. The van der Waals surface area contributed by atoms with Gasteiger partial charge in [0.2, 0.25) is 5.91 Å². The maximum atomic E-state index is 13.7. The van der Waals surface area contributed by atoms with Crippen LogP contribution < -0.4 is 10.9 Å². The second kappa shape index (κ2) is 8.18. The molecule has 33 heavy (non-hydrogen) atoms. The molecule has 6 nitrogen and oxygen atoms in total. The molecule has 4 aromatic rings. The van der Waals surface area contributed by atoms with Crippen LogP contribution in [-0.4, -0.2) is 23.3 Å². The molecule has 0 unspecified atom stereocenters. The Hall–Kier alpha value is -3.97. The Balaban J connectivity index is 1.70. The monoisotopic (exact) mass is 462 g/mol. The lowest BCUT2D eigenvalue weighted by Crippen LogP contribution is -2.40. The van der Waals surface area contributed by atoms with E-state index in [0.29, 0.717) is 32.8 Å². The molecule has 1 aliphatic rings. The summed E-state index contributed by atoms with van der Waals surface area (Å²) in [7, 11) is 0. The smallest absolute Gasteiger partial charge is 0.349 e. The topological polar surface area (TPSA) is 79.6 Å². The van der Waals surface area contributed by atoms with E-state index in [9.17, 15) is 18.8 Å². The van der Waals surface area contributed by atoms with E-state index in [4.69, 9.17) is 16.0 Å². The fraction of sp³-hybridized carbons (Fsp3) is 0.0800. The van der Waals surface area contributed by atoms with Gasteiger partial charge in [-0.3, -0.25) is 9.59 Å². The summed E-state index contributed by atoms with van der Waals surface area (Å²) in [6.45, 7) is -0.334. The van der Waals surface area contributed by atoms with Gasteiger partial charge in [-0.2, -0.15) is 0 Å². The fourth-order valence-corrected chi connectivity index (χ4v) is 4.22. The van der Waals surface area contributed by atoms with Gasteiger partial charge in [-0.05, 0) is 48.0 Å². The summed E-state index contributed by atoms with van der Waals surface area (Å²) < 4.78 is 19.0. The number of carbonyl (C=O) groups excluding carboxylic acids is 2. The highest BCUT2D eigenvalue weighted by molar-refractivity contribution is 6.30. The Morgan fingerprint density at radius 3 is 2.58 bits per heavy atom. The molecule has 0 aliphatic carbocycles. The van der Waals surface area contributed by atoms with E-state index >= 15 is 0 Å². The summed E-state index contributed by atoms with van der Waals surface area (Å²) in [4.78, 5) is 40.3. The molecular weight excluding hydrogens is 447 g/mol. The summed E-state index contributed by atoms with van der Waals surface area (Å²) in [5.74, 6) is -1.57. The van der Waals surface area contributed by atoms with Crippen molar-refractivity contribution in [2.75, 3.05) is 11.9 Å². The zero-order chi connectivity index (χ0) is 23.1. The van der Waals surface area contributed by atoms with Gasteiger partial charge >= 0.3 is 5.63 Å². The van der Waals surface area contributed by atoms with Gasteiger partial charge in [0.25, 0.3) is 5.91 Å². The van der Waals surface area contributed by atoms with Crippen molar-refractivity contribution in [3.8, 4) is 0 Å². The molecular formula is C25H16ClFN2O4. The van der Waals surface area contributed by atoms with Crippen LogP contribution >= 0.6 is 11.6 Å². The largest absolute Gasteiger partial charge is 0.422 e. The minimum Gasteiger partial charge on any atom is -0.422 e. The highest BCUT2D eigenvalue weighted by atomic mass is 35.5. The Labute approximate surface area is 192 Å². The Morgan fingerprint density at radius 2 is 1.79 bits per heavy atom. The number of anilines is 1. The lowest BCUT2D eigenvalue weighted by molar-refractivity contribution is -0.117. The molecule has 3 aromatic carbocycles. The van der Waals surface area contributed by atoms with Crippen LogP contribution in [0.1, 0.15) is 27.5 Å². The summed E-state index contributed by atoms with van der Waals surface area (Å²) in [5, 5.41) is 3.74. The van der Waals surface area contributed by atoms with Gasteiger partial charge in [-0.25, -0.2) is 9.18 Å². The summed E-state index contributed by atoms with van der Waals surface area (Å²) in [5.41, 5.74) is 0.888. The van der Waals surface area contributed by atoms with E-state index in [-0.39, 0.29) is 12.1 Å². The standard InChI is InChI=1S/C25H16ClFN2O4/c26-16-7-10-20-18(12-16)23(14-5-8-17(27)9-6-14)29(13-22(30)28-20)24(31)19-11-15-3-1-2-4-21(15)33-25(19)32/h1-12,23H,13H2,(H,28,30)/t23-/m1/s1. The second-order valence-corrected chi connectivity index (χ2v) is 8.09. The van der Waals surface area contributed by atoms with E-state index in [2.05, 4.69) is 5.32 Å². The van der Waals surface area contributed by atoms with Crippen LogP contribution in [0.25, 0.3) is 11.0 Å². The molecule has 1 atom stereocenters. The van der Waals surface area contributed by atoms with Crippen LogP contribution in [0.2, 0.25) is 5.02 Å². The number of para-hydroxylation sites is 1.